The molecule has 140 valence electrons. The Kier molecular flexibility index (Phi) is 8.37. The van der Waals surface area contributed by atoms with E-state index in [2.05, 4.69) is 33.8 Å². The summed E-state index contributed by atoms with van der Waals surface area (Å²) >= 11 is 0. The van der Waals surface area contributed by atoms with Crippen molar-refractivity contribution >= 4 is 5.97 Å². The maximum absolute atomic E-state index is 10.7. The Morgan fingerprint density at radius 1 is 1.28 bits per heavy atom. The third kappa shape index (κ3) is 7.43. The maximum atomic E-state index is 10.7. The fraction of sp³-hybridized carbons (Fsp3) is 0.591. The van der Waals surface area contributed by atoms with E-state index in [1.54, 1.807) is 17.7 Å². The standard InChI is InChI=1S/C22H34O3/c1-16(9-11-20-17(2)8-7-14-22(20,5)6)10-12-21(24)18(3)13-15-25-19(4)23/h9-10,12-13,21,24H,7-8,11,14-15H2,1-6H3. The number of rotatable bonds is 7. The summed E-state index contributed by atoms with van der Waals surface area (Å²) < 4.78 is 4.86. The van der Waals surface area contributed by atoms with Crippen molar-refractivity contribution in [1.29, 1.82) is 0 Å². The minimum atomic E-state index is -0.661. The number of ether oxygens (including phenoxy) is 1. The second-order valence-corrected chi connectivity index (χ2v) is 7.70. The first-order valence-corrected chi connectivity index (χ1v) is 9.15. The summed E-state index contributed by atoms with van der Waals surface area (Å²) in [6, 6.07) is 0. The third-order valence-corrected chi connectivity index (χ3v) is 5.01. The molecule has 0 amide bonds. The van der Waals surface area contributed by atoms with Crippen LogP contribution in [-0.4, -0.2) is 23.8 Å². The fourth-order valence-electron chi connectivity index (χ4n) is 3.26. The first-order valence-electron chi connectivity index (χ1n) is 9.15. The molecule has 1 aliphatic carbocycles. The van der Waals surface area contributed by atoms with Crippen LogP contribution in [0.3, 0.4) is 0 Å². The molecule has 1 rings (SSSR count). The van der Waals surface area contributed by atoms with Crippen LogP contribution < -0.4 is 0 Å². The lowest BCUT2D eigenvalue weighted by atomic mass is 9.71. The van der Waals surface area contributed by atoms with E-state index in [0.29, 0.717) is 5.41 Å². The number of allylic oxidation sites excluding steroid dienone is 5. The molecule has 1 N–H and O–H groups in total. The number of carbonyl (C=O) groups is 1. The van der Waals surface area contributed by atoms with Crippen molar-refractivity contribution in [1.82, 2.24) is 0 Å². The molecule has 1 atom stereocenters. The molecule has 0 aliphatic heterocycles. The first kappa shape index (κ1) is 21.4. The van der Waals surface area contributed by atoms with Gasteiger partial charge in [-0.2, -0.15) is 0 Å². The highest BCUT2D eigenvalue weighted by Gasteiger charge is 2.27. The number of hydrogen-bond acceptors (Lipinski definition) is 3. The summed E-state index contributed by atoms with van der Waals surface area (Å²) in [5.41, 5.74) is 5.31. The molecule has 0 bridgehead atoms. The van der Waals surface area contributed by atoms with Gasteiger partial charge in [0.2, 0.25) is 0 Å². The van der Waals surface area contributed by atoms with Crippen LogP contribution in [0.1, 0.15) is 67.2 Å². The Balaban J connectivity index is 2.65. The predicted octanol–water partition coefficient (Wildman–Crippen LogP) is 5.28. The Labute approximate surface area is 153 Å². The van der Waals surface area contributed by atoms with Crippen LogP contribution in [0.5, 0.6) is 0 Å². The summed E-state index contributed by atoms with van der Waals surface area (Å²) in [5.74, 6) is -0.317. The van der Waals surface area contributed by atoms with Gasteiger partial charge in [0.1, 0.15) is 6.61 Å². The highest BCUT2D eigenvalue weighted by molar-refractivity contribution is 5.66. The van der Waals surface area contributed by atoms with E-state index in [1.165, 1.54) is 31.8 Å². The summed E-state index contributed by atoms with van der Waals surface area (Å²) in [4.78, 5) is 10.7. The zero-order valence-corrected chi connectivity index (χ0v) is 16.7. The van der Waals surface area contributed by atoms with Gasteiger partial charge >= 0.3 is 5.97 Å². The van der Waals surface area contributed by atoms with Crippen LogP contribution in [0, 0.1) is 5.41 Å². The van der Waals surface area contributed by atoms with Crippen molar-refractivity contribution in [3.8, 4) is 0 Å². The van der Waals surface area contributed by atoms with Gasteiger partial charge in [0, 0.05) is 6.92 Å². The molecule has 25 heavy (non-hydrogen) atoms. The molecule has 0 fully saturated rings. The molecular weight excluding hydrogens is 312 g/mol. The molecule has 3 heteroatoms. The summed E-state index contributed by atoms with van der Waals surface area (Å²) in [6.45, 7) is 12.4. The monoisotopic (exact) mass is 346 g/mol. The third-order valence-electron chi connectivity index (χ3n) is 5.01. The van der Waals surface area contributed by atoms with E-state index < -0.39 is 6.10 Å². The van der Waals surface area contributed by atoms with Gasteiger partial charge < -0.3 is 9.84 Å². The molecule has 1 aliphatic rings. The quantitative estimate of drug-likeness (QED) is 0.388. The van der Waals surface area contributed by atoms with Gasteiger partial charge in [0.15, 0.2) is 0 Å². The molecule has 0 spiro atoms. The zero-order chi connectivity index (χ0) is 19.0. The summed E-state index contributed by atoms with van der Waals surface area (Å²) in [7, 11) is 0. The SMILES string of the molecule is CC(=O)OCC=C(C)C(O)C=CC(C)=CCC1=C(C)CCCC1(C)C. The Morgan fingerprint density at radius 3 is 2.56 bits per heavy atom. The maximum Gasteiger partial charge on any atom is 0.302 e. The number of aliphatic hydroxyl groups is 1. The van der Waals surface area contributed by atoms with E-state index in [-0.39, 0.29) is 12.6 Å². The lowest BCUT2D eigenvalue weighted by Gasteiger charge is -2.34. The average Bonchev–Trinajstić information content (AvgIpc) is 2.50. The highest BCUT2D eigenvalue weighted by atomic mass is 16.5. The normalized spacial score (nSPS) is 20.1. The zero-order valence-electron chi connectivity index (χ0n) is 16.7. The first-order chi connectivity index (χ1) is 11.6. The van der Waals surface area contributed by atoms with Crippen LogP contribution >= 0.6 is 0 Å². The minimum Gasteiger partial charge on any atom is -0.462 e. The smallest absolute Gasteiger partial charge is 0.302 e. The van der Waals surface area contributed by atoms with Crippen molar-refractivity contribution in [3.63, 3.8) is 0 Å². The lowest BCUT2D eigenvalue weighted by molar-refractivity contribution is -0.139. The molecule has 1 unspecified atom stereocenters. The number of carbonyl (C=O) groups excluding carboxylic acids is 1. The topological polar surface area (TPSA) is 46.5 Å². The van der Waals surface area contributed by atoms with Crippen LogP contribution in [-0.2, 0) is 9.53 Å². The molecule has 0 saturated heterocycles. The minimum absolute atomic E-state index is 0.198. The molecule has 0 aromatic rings. The Bertz CT molecular complexity index is 588. The number of aliphatic hydroxyl groups excluding tert-OH is 1. The van der Waals surface area contributed by atoms with Crippen molar-refractivity contribution in [2.24, 2.45) is 5.41 Å². The lowest BCUT2D eigenvalue weighted by Crippen LogP contribution is -2.20. The van der Waals surface area contributed by atoms with Crippen molar-refractivity contribution < 1.29 is 14.6 Å². The fourth-order valence-corrected chi connectivity index (χ4v) is 3.26. The van der Waals surface area contributed by atoms with E-state index in [1.807, 2.05) is 13.0 Å². The number of hydrogen-bond donors (Lipinski definition) is 1. The summed E-state index contributed by atoms with van der Waals surface area (Å²) in [6.07, 6.45) is 11.8. The van der Waals surface area contributed by atoms with Gasteiger partial charge in [-0.3, -0.25) is 4.79 Å². The van der Waals surface area contributed by atoms with Crippen molar-refractivity contribution in [2.75, 3.05) is 6.61 Å². The van der Waals surface area contributed by atoms with Crippen LogP contribution in [0.2, 0.25) is 0 Å². The molecular formula is C22H34O3. The van der Waals surface area contributed by atoms with Crippen LogP contribution in [0.15, 0.2) is 46.6 Å². The molecule has 0 aromatic carbocycles. The van der Waals surface area contributed by atoms with Crippen LogP contribution in [0.25, 0.3) is 0 Å². The van der Waals surface area contributed by atoms with Crippen LogP contribution in [0.4, 0.5) is 0 Å². The summed E-state index contributed by atoms with van der Waals surface area (Å²) in [5, 5.41) is 10.1. The second kappa shape index (κ2) is 9.76. The van der Waals surface area contributed by atoms with E-state index in [4.69, 9.17) is 4.74 Å². The van der Waals surface area contributed by atoms with Gasteiger partial charge in [-0.05, 0) is 63.5 Å². The Morgan fingerprint density at radius 2 is 1.96 bits per heavy atom. The Hall–Kier alpha value is -1.61. The van der Waals surface area contributed by atoms with Gasteiger partial charge in [0.05, 0.1) is 6.10 Å². The molecule has 3 nitrogen and oxygen atoms in total. The second-order valence-electron chi connectivity index (χ2n) is 7.70. The van der Waals surface area contributed by atoms with E-state index in [0.717, 1.165) is 17.6 Å². The molecule has 0 aromatic heterocycles. The predicted molar refractivity (Wildman–Crippen MR) is 104 cm³/mol. The molecule has 0 heterocycles. The van der Waals surface area contributed by atoms with Crippen molar-refractivity contribution in [3.05, 3.63) is 46.6 Å². The average molecular weight is 347 g/mol. The number of esters is 1. The molecule has 0 saturated carbocycles. The van der Waals surface area contributed by atoms with E-state index >= 15 is 0 Å². The van der Waals surface area contributed by atoms with Crippen molar-refractivity contribution in [2.45, 2.75) is 73.3 Å². The molecule has 0 radical (unpaired) electrons. The van der Waals surface area contributed by atoms with E-state index in [9.17, 15) is 9.90 Å². The van der Waals surface area contributed by atoms with Gasteiger partial charge in [-0.1, -0.05) is 48.8 Å². The highest BCUT2D eigenvalue weighted by Crippen LogP contribution is 2.41. The van der Waals surface area contributed by atoms with Gasteiger partial charge in [-0.25, -0.2) is 0 Å². The van der Waals surface area contributed by atoms with Gasteiger partial charge in [-0.15, -0.1) is 0 Å². The van der Waals surface area contributed by atoms with Gasteiger partial charge in [0.25, 0.3) is 0 Å². The largest absolute Gasteiger partial charge is 0.462 e.